The van der Waals surface area contributed by atoms with Crippen molar-refractivity contribution in [2.75, 3.05) is 33.9 Å². The Kier molecular flexibility index (Phi) is 6.33. The summed E-state index contributed by atoms with van der Waals surface area (Å²) in [7, 11) is 3.37. The number of hydrogen-bond donors (Lipinski definition) is 1. The summed E-state index contributed by atoms with van der Waals surface area (Å²) >= 11 is 0. The van der Waals surface area contributed by atoms with E-state index in [0.29, 0.717) is 6.04 Å². The highest BCUT2D eigenvalue weighted by atomic mass is 16.5. The maximum absolute atomic E-state index is 5.30. The Labute approximate surface area is 128 Å². The van der Waals surface area contributed by atoms with Crippen LogP contribution in [0.15, 0.2) is 18.2 Å². The predicted octanol–water partition coefficient (Wildman–Crippen LogP) is 2.67. The quantitative estimate of drug-likeness (QED) is 0.838. The lowest BCUT2D eigenvalue weighted by Gasteiger charge is -2.32. The molecule has 0 aliphatic carbocycles. The molecule has 21 heavy (non-hydrogen) atoms. The van der Waals surface area contributed by atoms with Crippen LogP contribution in [0.5, 0.6) is 11.5 Å². The summed E-state index contributed by atoms with van der Waals surface area (Å²) in [6.07, 6.45) is 4.08. The highest BCUT2D eigenvalue weighted by Crippen LogP contribution is 2.22. The number of hydrogen-bond acceptors (Lipinski definition) is 4. The Balaban J connectivity index is 1.82. The first-order valence-corrected chi connectivity index (χ1v) is 7.89. The smallest absolute Gasteiger partial charge is 0.122 e. The third-order valence-corrected chi connectivity index (χ3v) is 4.19. The van der Waals surface area contributed by atoms with E-state index in [9.17, 15) is 0 Å². The van der Waals surface area contributed by atoms with Crippen LogP contribution in [-0.4, -0.2) is 44.8 Å². The molecule has 1 aliphatic rings. The van der Waals surface area contributed by atoms with E-state index in [2.05, 4.69) is 29.3 Å². The van der Waals surface area contributed by atoms with Crippen molar-refractivity contribution in [2.24, 2.45) is 0 Å². The molecular formula is C17H28N2O2. The highest BCUT2D eigenvalue weighted by molar-refractivity contribution is 5.38. The highest BCUT2D eigenvalue weighted by Gasteiger charge is 2.15. The Morgan fingerprint density at radius 1 is 1.05 bits per heavy atom. The minimum Gasteiger partial charge on any atom is -0.497 e. The van der Waals surface area contributed by atoms with Crippen LogP contribution >= 0.6 is 0 Å². The lowest BCUT2D eigenvalue weighted by Crippen LogP contribution is -2.42. The van der Waals surface area contributed by atoms with Gasteiger partial charge in [0, 0.05) is 25.2 Å². The second-order valence-corrected chi connectivity index (χ2v) is 5.80. The monoisotopic (exact) mass is 292 g/mol. The maximum Gasteiger partial charge on any atom is 0.122 e. The Bertz CT molecular complexity index is 409. The van der Waals surface area contributed by atoms with Crippen LogP contribution in [0.1, 0.15) is 31.7 Å². The van der Waals surface area contributed by atoms with Crippen molar-refractivity contribution >= 4 is 0 Å². The molecule has 0 bridgehead atoms. The molecule has 1 fully saturated rings. The second-order valence-electron chi connectivity index (χ2n) is 5.80. The molecule has 0 aromatic heterocycles. The van der Waals surface area contributed by atoms with E-state index in [-0.39, 0.29) is 0 Å². The van der Waals surface area contributed by atoms with E-state index in [1.165, 1.54) is 37.9 Å². The summed E-state index contributed by atoms with van der Waals surface area (Å²) in [5.41, 5.74) is 1.19. The number of ether oxygens (including phenoxy) is 2. The molecular weight excluding hydrogens is 264 g/mol. The van der Waals surface area contributed by atoms with Gasteiger partial charge in [-0.25, -0.2) is 0 Å². The number of likely N-dealkylation sites (tertiary alicyclic amines) is 1. The fourth-order valence-corrected chi connectivity index (χ4v) is 2.88. The lowest BCUT2D eigenvalue weighted by molar-refractivity contribution is 0.170. The average Bonchev–Trinajstić information content (AvgIpc) is 2.55. The van der Waals surface area contributed by atoms with Crippen molar-refractivity contribution < 1.29 is 9.47 Å². The molecule has 0 spiro atoms. The molecule has 0 saturated carbocycles. The Hall–Kier alpha value is -1.26. The van der Waals surface area contributed by atoms with Gasteiger partial charge in [0.1, 0.15) is 11.5 Å². The molecule has 118 valence electrons. The number of benzene rings is 1. The van der Waals surface area contributed by atoms with Crippen LogP contribution in [0, 0.1) is 0 Å². The van der Waals surface area contributed by atoms with E-state index >= 15 is 0 Å². The van der Waals surface area contributed by atoms with Crippen molar-refractivity contribution in [2.45, 2.75) is 38.8 Å². The van der Waals surface area contributed by atoms with Crippen LogP contribution < -0.4 is 14.8 Å². The van der Waals surface area contributed by atoms with Gasteiger partial charge in [0.15, 0.2) is 0 Å². The largest absolute Gasteiger partial charge is 0.497 e. The Morgan fingerprint density at radius 3 is 2.24 bits per heavy atom. The first-order valence-electron chi connectivity index (χ1n) is 7.89. The third-order valence-electron chi connectivity index (χ3n) is 4.19. The van der Waals surface area contributed by atoms with Gasteiger partial charge in [-0.05, 0) is 50.6 Å². The van der Waals surface area contributed by atoms with Crippen LogP contribution in [-0.2, 0) is 6.54 Å². The van der Waals surface area contributed by atoms with E-state index in [4.69, 9.17) is 9.47 Å². The van der Waals surface area contributed by atoms with E-state index in [1.807, 2.05) is 6.07 Å². The topological polar surface area (TPSA) is 33.7 Å². The maximum atomic E-state index is 5.30. The SMILES string of the molecule is COc1cc(CNCC(C)N2CCCCC2)cc(OC)c1. The molecule has 1 saturated heterocycles. The fourth-order valence-electron chi connectivity index (χ4n) is 2.88. The van der Waals surface area contributed by atoms with Gasteiger partial charge < -0.3 is 14.8 Å². The average molecular weight is 292 g/mol. The van der Waals surface area contributed by atoms with E-state index < -0.39 is 0 Å². The zero-order chi connectivity index (χ0) is 15.1. The van der Waals surface area contributed by atoms with Gasteiger partial charge in [0.05, 0.1) is 14.2 Å². The molecule has 0 radical (unpaired) electrons. The standard InChI is InChI=1S/C17H28N2O2/c1-14(19-7-5-4-6-8-19)12-18-13-15-9-16(20-2)11-17(10-15)21-3/h9-11,14,18H,4-8,12-13H2,1-3H3. The third kappa shape index (κ3) is 4.90. The summed E-state index contributed by atoms with van der Waals surface area (Å²) in [6.45, 7) is 6.65. The predicted molar refractivity (Wildman–Crippen MR) is 86.1 cm³/mol. The number of nitrogens with one attached hydrogen (secondary N) is 1. The first-order chi connectivity index (χ1) is 10.2. The van der Waals surface area contributed by atoms with Crippen LogP contribution in [0.3, 0.4) is 0 Å². The fraction of sp³-hybridized carbons (Fsp3) is 0.647. The summed E-state index contributed by atoms with van der Waals surface area (Å²) in [5, 5.41) is 3.55. The van der Waals surface area contributed by atoms with Crippen molar-refractivity contribution in [3.63, 3.8) is 0 Å². The number of rotatable bonds is 7. The summed E-state index contributed by atoms with van der Waals surface area (Å²) in [6, 6.07) is 6.61. The number of methoxy groups -OCH3 is 2. The molecule has 1 atom stereocenters. The summed E-state index contributed by atoms with van der Waals surface area (Å²) in [4.78, 5) is 2.59. The minimum atomic E-state index is 0.595. The van der Waals surface area contributed by atoms with Crippen molar-refractivity contribution in [1.82, 2.24) is 10.2 Å². The summed E-state index contributed by atoms with van der Waals surface area (Å²) in [5.74, 6) is 1.69. The van der Waals surface area contributed by atoms with E-state index in [1.54, 1.807) is 14.2 Å². The molecule has 2 rings (SSSR count). The van der Waals surface area contributed by atoms with E-state index in [0.717, 1.165) is 24.6 Å². The first kappa shape index (κ1) is 16.1. The van der Waals surface area contributed by atoms with Crippen LogP contribution in [0.4, 0.5) is 0 Å². The summed E-state index contributed by atoms with van der Waals surface area (Å²) < 4.78 is 10.6. The van der Waals surface area contributed by atoms with Gasteiger partial charge in [-0.1, -0.05) is 6.42 Å². The van der Waals surface area contributed by atoms with Gasteiger partial charge in [0.2, 0.25) is 0 Å². The zero-order valence-electron chi connectivity index (χ0n) is 13.5. The minimum absolute atomic E-state index is 0.595. The number of piperidine rings is 1. The van der Waals surface area contributed by atoms with Gasteiger partial charge >= 0.3 is 0 Å². The van der Waals surface area contributed by atoms with Crippen molar-refractivity contribution in [3.8, 4) is 11.5 Å². The molecule has 1 N–H and O–H groups in total. The molecule has 1 aliphatic heterocycles. The lowest BCUT2D eigenvalue weighted by atomic mass is 10.1. The van der Waals surface area contributed by atoms with Crippen molar-refractivity contribution in [1.29, 1.82) is 0 Å². The molecule has 1 heterocycles. The normalized spacial score (nSPS) is 17.5. The molecule has 4 heteroatoms. The van der Waals surface area contributed by atoms with Gasteiger partial charge in [-0.2, -0.15) is 0 Å². The second kappa shape index (κ2) is 8.25. The van der Waals surface area contributed by atoms with Crippen LogP contribution in [0.25, 0.3) is 0 Å². The van der Waals surface area contributed by atoms with Crippen molar-refractivity contribution in [3.05, 3.63) is 23.8 Å². The molecule has 1 aromatic rings. The molecule has 1 unspecified atom stereocenters. The molecule has 0 amide bonds. The molecule has 4 nitrogen and oxygen atoms in total. The number of nitrogens with zero attached hydrogens (tertiary/aromatic N) is 1. The molecule has 1 aromatic carbocycles. The van der Waals surface area contributed by atoms with Crippen LogP contribution in [0.2, 0.25) is 0 Å². The Morgan fingerprint density at radius 2 is 1.67 bits per heavy atom. The van der Waals surface area contributed by atoms with Gasteiger partial charge in [0.25, 0.3) is 0 Å². The van der Waals surface area contributed by atoms with Gasteiger partial charge in [-0.3, -0.25) is 4.90 Å². The zero-order valence-corrected chi connectivity index (χ0v) is 13.5. The van der Waals surface area contributed by atoms with Gasteiger partial charge in [-0.15, -0.1) is 0 Å².